The summed E-state index contributed by atoms with van der Waals surface area (Å²) in [6, 6.07) is 5.18. The van der Waals surface area contributed by atoms with Gasteiger partial charge in [-0.15, -0.1) is 0 Å². The Hall–Kier alpha value is -1.66. The number of benzene rings is 1. The molecule has 0 spiro atoms. The molecule has 22 heavy (non-hydrogen) atoms. The minimum Gasteiger partial charge on any atom is -0.444 e. The highest BCUT2D eigenvalue weighted by molar-refractivity contribution is 5.69. The van der Waals surface area contributed by atoms with Crippen LogP contribution in [0.4, 0.5) is 9.18 Å². The number of nitrogens with zero attached hydrogens (tertiary/aromatic N) is 1. The molecule has 0 radical (unpaired) electrons. The number of carbonyl (C=O) groups excluding carboxylic acids is 1. The Morgan fingerprint density at radius 2 is 2.14 bits per heavy atom. The van der Waals surface area contributed by atoms with Gasteiger partial charge in [-0.05, 0) is 26.8 Å². The lowest BCUT2D eigenvalue weighted by atomic mass is 9.98. The fourth-order valence-electron chi connectivity index (χ4n) is 2.42. The largest absolute Gasteiger partial charge is 0.444 e. The lowest BCUT2D eigenvalue weighted by Gasteiger charge is -2.39. The number of ether oxygens (including phenoxy) is 2. The first kappa shape index (κ1) is 16.7. The van der Waals surface area contributed by atoms with Gasteiger partial charge in [-0.1, -0.05) is 18.2 Å². The van der Waals surface area contributed by atoms with E-state index >= 15 is 0 Å². The van der Waals surface area contributed by atoms with Crippen LogP contribution in [0, 0.1) is 5.82 Å². The second-order valence-corrected chi connectivity index (χ2v) is 6.36. The molecule has 1 fully saturated rings. The van der Waals surface area contributed by atoms with E-state index in [1.165, 1.54) is 11.0 Å². The smallest absolute Gasteiger partial charge is 0.410 e. The van der Waals surface area contributed by atoms with E-state index in [4.69, 9.17) is 15.2 Å². The van der Waals surface area contributed by atoms with E-state index in [0.29, 0.717) is 18.7 Å². The summed E-state index contributed by atoms with van der Waals surface area (Å²) in [5, 5.41) is 0. The maximum Gasteiger partial charge on any atom is 0.410 e. The van der Waals surface area contributed by atoms with E-state index < -0.39 is 23.8 Å². The number of morpholine rings is 1. The molecule has 1 aromatic carbocycles. The van der Waals surface area contributed by atoms with Gasteiger partial charge >= 0.3 is 6.09 Å². The molecule has 1 aromatic rings. The molecule has 0 aromatic heterocycles. The van der Waals surface area contributed by atoms with Gasteiger partial charge in [0.1, 0.15) is 11.4 Å². The summed E-state index contributed by atoms with van der Waals surface area (Å²) in [6.07, 6.45) is -0.451. The molecule has 1 aliphatic rings. The first-order valence-electron chi connectivity index (χ1n) is 7.37. The van der Waals surface area contributed by atoms with Crippen LogP contribution in [-0.2, 0) is 9.47 Å². The Morgan fingerprint density at radius 1 is 1.45 bits per heavy atom. The standard InChI is InChI=1S/C16H23FN2O3/c1-16(2,3)22-15(20)19-8-9-21-10-13(19)14(18)11-6-4-5-7-12(11)17/h4-7,13-14H,8-10,18H2,1-3H3. The van der Waals surface area contributed by atoms with Gasteiger partial charge in [-0.2, -0.15) is 0 Å². The number of rotatable bonds is 2. The maximum atomic E-state index is 13.9. The Balaban J connectivity index is 2.19. The van der Waals surface area contributed by atoms with E-state index in [1.54, 1.807) is 39.0 Å². The zero-order valence-corrected chi connectivity index (χ0v) is 13.2. The lowest BCUT2D eigenvalue weighted by Crippen LogP contribution is -2.54. The van der Waals surface area contributed by atoms with Crippen LogP contribution in [0.25, 0.3) is 0 Å². The fourth-order valence-corrected chi connectivity index (χ4v) is 2.42. The van der Waals surface area contributed by atoms with Gasteiger partial charge in [-0.25, -0.2) is 9.18 Å². The molecule has 1 heterocycles. The molecular formula is C16H23FN2O3. The molecule has 0 aliphatic carbocycles. The SMILES string of the molecule is CC(C)(C)OC(=O)N1CCOCC1C(N)c1ccccc1F. The first-order valence-corrected chi connectivity index (χ1v) is 7.37. The van der Waals surface area contributed by atoms with Gasteiger partial charge in [0.15, 0.2) is 0 Å². The van der Waals surface area contributed by atoms with E-state index in [0.717, 1.165) is 0 Å². The molecule has 2 rings (SSSR count). The zero-order chi connectivity index (χ0) is 16.3. The van der Waals surface area contributed by atoms with Crippen molar-refractivity contribution in [1.82, 2.24) is 4.90 Å². The number of halogens is 1. The third kappa shape index (κ3) is 3.96. The van der Waals surface area contributed by atoms with Crippen LogP contribution in [0.1, 0.15) is 32.4 Å². The molecule has 2 atom stereocenters. The molecule has 122 valence electrons. The van der Waals surface area contributed by atoms with Crippen LogP contribution >= 0.6 is 0 Å². The normalized spacial score (nSPS) is 20.6. The fraction of sp³-hybridized carbons (Fsp3) is 0.562. The lowest BCUT2D eigenvalue weighted by molar-refractivity contribution is -0.0384. The van der Waals surface area contributed by atoms with Crippen molar-refractivity contribution in [2.75, 3.05) is 19.8 Å². The number of carbonyl (C=O) groups is 1. The molecule has 6 heteroatoms. The number of hydrogen-bond donors (Lipinski definition) is 1. The Labute approximate surface area is 130 Å². The summed E-state index contributed by atoms with van der Waals surface area (Å²) in [5.74, 6) is -0.385. The predicted octanol–water partition coefficient (Wildman–Crippen LogP) is 2.46. The van der Waals surface area contributed by atoms with Crippen LogP contribution < -0.4 is 5.73 Å². The van der Waals surface area contributed by atoms with Crippen molar-refractivity contribution >= 4 is 6.09 Å². The highest BCUT2D eigenvalue weighted by Crippen LogP contribution is 2.25. The third-order valence-corrected chi connectivity index (χ3v) is 3.47. The number of nitrogens with two attached hydrogens (primary N) is 1. The van der Waals surface area contributed by atoms with Crippen molar-refractivity contribution in [3.05, 3.63) is 35.6 Å². The van der Waals surface area contributed by atoms with Crippen LogP contribution in [0.2, 0.25) is 0 Å². The second kappa shape index (κ2) is 6.62. The van der Waals surface area contributed by atoms with Gasteiger partial charge in [0, 0.05) is 12.1 Å². The summed E-state index contributed by atoms with van der Waals surface area (Å²) in [7, 11) is 0. The number of hydrogen-bond acceptors (Lipinski definition) is 4. The van der Waals surface area contributed by atoms with Gasteiger partial charge in [-0.3, -0.25) is 4.90 Å². The minimum absolute atomic E-state index is 0.259. The predicted molar refractivity (Wildman–Crippen MR) is 80.9 cm³/mol. The van der Waals surface area contributed by atoms with Crippen molar-refractivity contribution < 1.29 is 18.7 Å². The van der Waals surface area contributed by atoms with Gasteiger partial charge < -0.3 is 15.2 Å². The molecule has 1 saturated heterocycles. The third-order valence-electron chi connectivity index (χ3n) is 3.47. The minimum atomic E-state index is -0.672. The van der Waals surface area contributed by atoms with Crippen LogP contribution in [0.3, 0.4) is 0 Å². The van der Waals surface area contributed by atoms with Crippen molar-refractivity contribution in [3.63, 3.8) is 0 Å². The van der Waals surface area contributed by atoms with Gasteiger partial charge in [0.05, 0.1) is 25.3 Å². The highest BCUT2D eigenvalue weighted by Gasteiger charge is 2.35. The molecule has 1 aliphatic heterocycles. The van der Waals surface area contributed by atoms with Crippen LogP contribution in [0.15, 0.2) is 24.3 Å². The van der Waals surface area contributed by atoms with Crippen LogP contribution in [0.5, 0.6) is 0 Å². The van der Waals surface area contributed by atoms with Crippen LogP contribution in [-0.4, -0.2) is 42.4 Å². The maximum absolute atomic E-state index is 13.9. The molecule has 2 unspecified atom stereocenters. The Morgan fingerprint density at radius 3 is 2.77 bits per heavy atom. The summed E-state index contributed by atoms with van der Waals surface area (Å²) in [5.41, 5.74) is 5.97. The highest BCUT2D eigenvalue weighted by atomic mass is 19.1. The van der Waals surface area contributed by atoms with Crippen molar-refractivity contribution in [2.24, 2.45) is 5.73 Å². The molecule has 0 bridgehead atoms. The van der Waals surface area contributed by atoms with Gasteiger partial charge in [0.2, 0.25) is 0 Å². The Bertz CT molecular complexity index is 530. The topological polar surface area (TPSA) is 64.8 Å². The Kier molecular flexibility index (Phi) is 5.03. The monoisotopic (exact) mass is 310 g/mol. The van der Waals surface area contributed by atoms with Crippen molar-refractivity contribution in [2.45, 2.75) is 38.5 Å². The van der Waals surface area contributed by atoms with E-state index in [2.05, 4.69) is 0 Å². The zero-order valence-electron chi connectivity index (χ0n) is 13.2. The molecular weight excluding hydrogens is 287 g/mol. The number of amides is 1. The molecule has 5 nitrogen and oxygen atoms in total. The van der Waals surface area contributed by atoms with Crippen molar-refractivity contribution in [3.8, 4) is 0 Å². The summed E-state index contributed by atoms with van der Waals surface area (Å²) >= 11 is 0. The van der Waals surface area contributed by atoms with Crippen molar-refractivity contribution in [1.29, 1.82) is 0 Å². The molecule has 1 amide bonds. The summed E-state index contributed by atoms with van der Waals surface area (Å²) < 4.78 is 24.8. The van der Waals surface area contributed by atoms with E-state index in [-0.39, 0.29) is 12.4 Å². The first-order chi connectivity index (χ1) is 10.3. The summed E-state index contributed by atoms with van der Waals surface area (Å²) in [6.45, 7) is 6.46. The average Bonchev–Trinajstić information content (AvgIpc) is 2.45. The average molecular weight is 310 g/mol. The molecule has 0 saturated carbocycles. The van der Waals surface area contributed by atoms with E-state index in [1.807, 2.05) is 0 Å². The molecule has 2 N–H and O–H groups in total. The summed E-state index contributed by atoms with van der Waals surface area (Å²) in [4.78, 5) is 13.9. The van der Waals surface area contributed by atoms with E-state index in [9.17, 15) is 9.18 Å². The second-order valence-electron chi connectivity index (χ2n) is 6.36. The quantitative estimate of drug-likeness (QED) is 0.911. The van der Waals surface area contributed by atoms with Gasteiger partial charge in [0.25, 0.3) is 0 Å².